The Bertz CT molecular complexity index is 4800. The summed E-state index contributed by atoms with van der Waals surface area (Å²) in [4.78, 5) is 4.86. The van der Waals surface area contributed by atoms with Gasteiger partial charge in [0.25, 0.3) is 0 Å². The number of benzene rings is 13. The number of anilines is 6. The maximum Gasteiger partial charge on any atom is 0.0465 e. The Hall–Kier alpha value is -9.76. The van der Waals surface area contributed by atoms with Crippen molar-refractivity contribution in [2.75, 3.05) is 9.80 Å². The topological polar surface area (TPSA) is 6.48 Å². The van der Waals surface area contributed by atoms with Crippen molar-refractivity contribution in [1.82, 2.24) is 0 Å². The highest BCUT2D eigenvalue weighted by molar-refractivity contribution is 6.34. The van der Waals surface area contributed by atoms with Crippen LogP contribution in [0.2, 0.25) is 0 Å². The Kier molecular flexibility index (Phi) is 14.6. The fraction of sp³-hybridized carbons (Fsp3) is 0.234. The zero-order valence-corrected chi connectivity index (χ0v) is 59.1. The van der Waals surface area contributed by atoms with Crippen molar-refractivity contribution in [3.8, 4) is 22.3 Å². The zero-order chi connectivity index (χ0) is 67.2. The lowest BCUT2D eigenvalue weighted by Gasteiger charge is -2.29. The van der Waals surface area contributed by atoms with Crippen LogP contribution in [0.3, 0.4) is 0 Å². The van der Waals surface area contributed by atoms with Crippen LogP contribution in [0.15, 0.2) is 231 Å². The van der Waals surface area contributed by atoms with Crippen molar-refractivity contribution >= 4 is 102 Å². The van der Waals surface area contributed by atoms with E-state index in [0.29, 0.717) is 0 Å². The number of rotatable bonds is 10. The number of hydrogen-bond acceptors (Lipinski definition) is 2. The summed E-state index contributed by atoms with van der Waals surface area (Å²) in [5.74, 6) is 0. The van der Waals surface area contributed by atoms with Gasteiger partial charge in [-0.1, -0.05) is 293 Å². The standard InChI is InChI=1S/C94H90N2/c1-89(2,3)63-31-39-67(40-32-63)95(68-41-33-64(34-42-68)90(4,5)6)71-47-53-77-75-49-25-59(55-83(75)93(13,14)85(77)57-71)23-27-61-29-51-81-80-22-18-20-74-62(30-52-82(88(74)80)79-21-17-19-73(61)87(79)81)28-24-60-26-50-76-78-54-48-72(58-86(78)94(15,16)84(76)56-60)96(69-43-35-65(36-44-69)91(7,8)9)70-45-37-66(38-46-70)92(10,11)12/h17-58H,1-16H3/b27-23+,28-24+. The molecule has 0 saturated heterocycles. The summed E-state index contributed by atoms with van der Waals surface area (Å²) in [5.41, 5.74) is 27.6. The molecule has 2 aliphatic rings. The third kappa shape index (κ3) is 10.6. The molecule has 2 aliphatic carbocycles. The van der Waals surface area contributed by atoms with Gasteiger partial charge in [0.15, 0.2) is 0 Å². The Labute approximate surface area is 570 Å². The van der Waals surface area contributed by atoms with E-state index in [1.165, 1.54) is 143 Å². The van der Waals surface area contributed by atoms with Crippen molar-refractivity contribution in [2.24, 2.45) is 0 Å². The SMILES string of the molecule is CC(C)(C)c1ccc(N(c2ccc(C(C)(C)C)cc2)c2ccc3c(c2)C(C)(C)c2cc(/C=C/c4ccc5c6cccc7c(/C=C/c8ccc9c(c8)C(C)(C)c8cc(N(c%10ccc(C(C)(C)C)cc%10)c%10ccc(C(C)(C)C)cc%10)ccc8-9)ccc(c8cccc4c85)c76)ccc2-3)cc1. The van der Waals surface area contributed by atoms with E-state index in [0.717, 1.165) is 22.7 Å². The monoisotopic (exact) mass is 1250 g/mol. The molecule has 0 atom stereocenters. The molecular formula is C94H90N2. The minimum Gasteiger partial charge on any atom is -0.310 e. The van der Waals surface area contributed by atoms with Gasteiger partial charge in [-0.15, -0.1) is 0 Å². The molecule has 0 spiro atoms. The van der Waals surface area contributed by atoms with Gasteiger partial charge in [-0.3, -0.25) is 0 Å². The molecule has 0 saturated carbocycles. The van der Waals surface area contributed by atoms with Gasteiger partial charge in [-0.25, -0.2) is 0 Å². The van der Waals surface area contributed by atoms with Crippen LogP contribution >= 0.6 is 0 Å². The maximum absolute atomic E-state index is 2.45. The molecule has 15 rings (SSSR count). The first-order valence-electron chi connectivity index (χ1n) is 34.7. The maximum atomic E-state index is 2.45. The Morgan fingerprint density at radius 1 is 0.250 bits per heavy atom. The van der Waals surface area contributed by atoms with Gasteiger partial charge >= 0.3 is 0 Å². The second-order valence-electron chi connectivity index (χ2n) is 32.7. The van der Waals surface area contributed by atoms with E-state index in [1.807, 2.05) is 0 Å². The molecule has 0 unspecified atom stereocenters. The Morgan fingerprint density at radius 3 is 0.812 bits per heavy atom. The minimum absolute atomic E-state index is 0.0683. The second-order valence-corrected chi connectivity index (χ2v) is 32.7. The van der Waals surface area contributed by atoms with E-state index in [2.05, 4.69) is 375 Å². The van der Waals surface area contributed by atoms with Crippen LogP contribution in [0.5, 0.6) is 0 Å². The van der Waals surface area contributed by atoms with Crippen molar-refractivity contribution < 1.29 is 0 Å². The highest BCUT2D eigenvalue weighted by Gasteiger charge is 2.38. The predicted octanol–water partition coefficient (Wildman–Crippen LogP) is 26.8. The molecule has 0 amide bonds. The first-order chi connectivity index (χ1) is 45.6. The molecule has 0 radical (unpaired) electrons. The van der Waals surface area contributed by atoms with Crippen LogP contribution in [0, 0.1) is 0 Å². The highest BCUT2D eigenvalue weighted by Crippen LogP contribution is 2.54. The molecular weight excluding hydrogens is 1160 g/mol. The molecule has 0 fully saturated rings. The Morgan fingerprint density at radius 2 is 0.510 bits per heavy atom. The van der Waals surface area contributed by atoms with Crippen LogP contribution in [-0.4, -0.2) is 0 Å². The summed E-state index contributed by atoms with van der Waals surface area (Å²) in [5, 5.41) is 10.3. The Balaban J connectivity index is 0.711. The molecule has 476 valence electrons. The van der Waals surface area contributed by atoms with Gasteiger partial charge in [0.1, 0.15) is 0 Å². The van der Waals surface area contributed by atoms with E-state index < -0.39 is 0 Å². The van der Waals surface area contributed by atoms with Gasteiger partial charge in [0, 0.05) is 45.0 Å². The number of hydrogen-bond donors (Lipinski definition) is 0. The van der Waals surface area contributed by atoms with E-state index >= 15 is 0 Å². The third-order valence-electron chi connectivity index (χ3n) is 21.5. The fourth-order valence-electron chi connectivity index (χ4n) is 15.7. The van der Waals surface area contributed by atoms with Gasteiger partial charge in [-0.2, -0.15) is 0 Å². The average molecular weight is 1250 g/mol. The van der Waals surface area contributed by atoms with E-state index in [1.54, 1.807) is 0 Å². The highest BCUT2D eigenvalue weighted by atomic mass is 15.1. The van der Waals surface area contributed by atoms with Gasteiger partial charge < -0.3 is 9.80 Å². The zero-order valence-electron chi connectivity index (χ0n) is 59.1. The average Bonchev–Trinajstić information content (AvgIpc) is 1.68. The molecule has 13 aromatic carbocycles. The summed E-state index contributed by atoms with van der Waals surface area (Å²) < 4.78 is 0. The lowest BCUT2D eigenvalue weighted by Crippen LogP contribution is -2.17. The van der Waals surface area contributed by atoms with E-state index in [9.17, 15) is 0 Å². The largest absolute Gasteiger partial charge is 0.310 e. The first-order valence-corrected chi connectivity index (χ1v) is 34.7. The summed E-state index contributed by atoms with van der Waals surface area (Å²) in [7, 11) is 0. The molecule has 96 heavy (non-hydrogen) atoms. The molecule has 0 aromatic heterocycles. The van der Waals surface area contributed by atoms with Crippen LogP contribution in [0.4, 0.5) is 34.1 Å². The number of nitrogens with zero attached hydrogens (tertiary/aromatic N) is 2. The van der Waals surface area contributed by atoms with Crippen LogP contribution in [0.25, 0.3) is 89.6 Å². The van der Waals surface area contributed by atoms with Gasteiger partial charge in [-0.05, 0) is 227 Å². The van der Waals surface area contributed by atoms with Crippen molar-refractivity contribution in [3.63, 3.8) is 0 Å². The quantitative estimate of drug-likeness (QED) is 0.0765. The lowest BCUT2D eigenvalue weighted by atomic mass is 9.81. The van der Waals surface area contributed by atoms with Crippen LogP contribution in [-0.2, 0) is 32.5 Å². The second kappa shape index (κ2) is 22.4. The predicted molar refractivity (Wildman–Crippen MR) is 418 cm³/mol. The molecule has 0 N–H and O–H groups in total. The molecule has 2 nitrogen and oxygen atoms in total. The number of fused-ring (bicyclic) bond motifs is 8. The minimum atomic E-state index is -0.212. The molecule has 0 aliphatic heterocycles. The molecule has 0 bridgehead atoms. The third-order valence-corrected chi connectivity index (χ3v) is 21.5. The summed E-state index contributed by atoms with van der Waals surface area (Å²) in [6, 6.07) is 88.3. The van der Waals surface area contributed by atoms with Crippen LogP contribution < -0.4 is 9.80 Å². The lowest BCUT2D eigenvalue weighted by molar-refractivity contribution is 0.590. The summed E-state index contributed by atoms with van der Waals surface area (Å²) in [6.07, 6.45) is 9.31. The van der Waals surface area contributed by atoms with Gasteiger partial charge in [0.2, 0.25) is 0 Å². The normalized spacial score (nSPS) is 14.3. The fourth-order valence-corrected chi connectivity index (χ4v) is 15.7. The van der Waals surface area contributed by atoms with E-state index in [4.69, 9.17) is 0 Å². The molecule has 0 heterocycles. The van der Waals surface area contributed by atoms with Crippen LogP contribution in [0.1, 0.15) is 178 Å². The molecule has 2 heteroatoms. The first kappa shape index (κ1) is 62.4. The van der Waals surface area contributed by atoms with E-state index in [-0.39, 0.29) is 32.5 Å². The van der Waals surface area contributed by atoms with Gasteiger partial charge in [0.05, 0.1) is 0 Å². The smallest absolute Gasteiger partial charge is 0.0465 e. The van der Waals surface area contributed by atoms with Crippen molar-refractivity contribution in [2.45, 2.75) is 143 Å². The summed E-state index contributed by atoms with van der Waals surface area (Å²) >= 11 is 0. The molecule has 13 aromatic rings. The summed E-state index contributed by atoms with van der Waals surface area (Å²) in [6.45, 7) is 37.0. The van der Waals surface area contributed by atoms with Crippen molar-refractivity contribution in [1.29, 1.82) is 0 Å². The van der Waals surface area contributed by atoms with Crippen molar-refractivity contribution in [3.05, 3.63) is 297 Å².